The van der Waals surface area contributed by atoms with E-state index in [4.69, 9.17) is 23.2 Å². The molecule has 0 aliphatic carbocycles. The second-order valence-electron chi connectivity index (χ2n) is 11.0. The molecule has 2 heterocycles. The lowest BCUT2D eigenvalue weighted by atomic mass is 9.87. The molecule has 0 radical (unpaired) electrons. The van der Waals surface area contributed by atoms with Crippen LogP contribution in [0.15, 0.2) is 132 Å². The fourth-order valence-electron chi connectivity index (χ4n) is 5.38. The predicted octanol–water partition coefficient (Wildman–Crippen LogP) is 7.24. The summed E-state index contributed by atoms with van der Waals surface area (Å²) in [6, 6.07) is 34.1. The highest BCUT2D eigenvalue weighted by molar-refractivity contribution is 8.76. The van der Waals surface area contributed by atoms with Gasteiger partial charge in [-0.05, 0) is 56.0 Å². The molecule has 8 nitrogen and oxygen atoms in total. The van der Waals surface area contributed by atoms with Crippen molar-refractivity contribution >= 4 is 44.8 Å². The zero-order valence-corrected chi connectivity index (χ0v) is 27.7. The number of halogens is 2. The standard InChI is InChI=1S/C34H30Cl2N6O2S2/c35-29-17-9-7-11-25(29)19-33(43,27-13-3-1-4-14-27)21-41-23-37-39-31(41)45-46-32-40-38-24-42(32)22-34(44,28-15-5-2-6-16-28)20-26-12-8-10-18-30(26)36/h1-18,23-24,43-44H,19-22H2. The molecule has 4 aromatic carbocycles. The van der Waals surface area contributed by atoms with Crippen LogP contribution < -0.4 is 0 Å². The molecule has 0 amide bonds. The van der Waals surface area contributed by atoms with E-state index in [1.54, 1.807) is 12.7 Å². The summed E-state index contributed by atoms with van der Waals surface area (Å²) in [6.45, 7) is 0.382. The first-order valence-electron chi connectivity index (χ1n) is 14.5. The molecule has 2 unspecified atom stereocenters. The Balaban J connectivity index is 1.22. The van der Waals surface area contributed by atoms with Crippen molar-refractivity contribution in [2.24, 2.45) is 0 Å². The highest BCUT2D eigenvalue weighted by atomic mass is 35.5. The molecule has 6 rings (SSSR count). The summed E-state index contributed by atoms with van der Waals surface area (Å²) >= 11 is 13.0. The van der Waals surface area contributed by atoms with Gasteiger partial charge in [0.15, 0.2) is 0 Å². The second-order valence-corrected chi connectivity index (χ2v) is 13.9. The summed E-state index contributed by atoms with van der Waals surface area (Å²) in [5.74, 6) is 0. The normalized spacial score (nSPS) is 14.1. The molecule has 0 spiro atoms. The lowest BCUT2D eigenvalue weighted by Gasteiger charge is -2.30. The van der Waals surface area contributed by atoms with Crippen LogP contribution in [0.4, 0.5) is 0 Å². The quantitative estimate of drug-likeness (QED) is 0.123. The van der Waals surface area contributed by atoms with Gasteiger partial charge in [-0.3, -0.25) is 0 Å². The Morgan fingerprint density at radius 3 is 1.30 bits per heavy atom. The van der Waals surface area contributed by atoms with Crippen LogP contribution in [0.3, 0.4) is 0 Å². The molecule has 0 saturated carbocycles. The summed E-state index contributed by atoms with van der Waals surface area (Å²) in [7, 11) is 2.68. The monoisotopic (exact) mass is 688 g/mol. The van der Waals surface area contributed by atoms with Crippen molar-refractivity contribution in [1.29, 1.82) is 0 Å². The van der Waals surface area contributed by atoms with E-state index >= 15 is 0 Å². The predicted molar refractivity (Wildman–Crippen MR) is 183 cm³/mol. The average Bonchev–Trinajstić information content (AvgIpc) is 3.71. The van der Waals surface area contributed by atoms with Gasteiger partial charge in [0.1, 0.15) is 23.9 Å². The van der Waals surface area contributed by atoms with Crippen molar-refractivity contribution in [3.05, 3.63) is 154 Å². The molecule has 2 aromatic heterocycles. The van der Waals surface area contributed by atoms with Crippen molar-refractivity contribution in [3.63, 3.8) is 0 Å². The van der Waals surface area contributed by atoms with Crippen LogP contribution in [0, 0.1) is 0 Å². The summed E-state index contributed by atoms with van der Waals surface area (Å²) < 4.78 is 3.64. The molecular formula is C34H30Cl2N6O2S2. The second kappa shape index (κ2) is 14.4. The van der Waals surface area contributed by atoms with Gasteiger partial charge in [0.05, 0.1) is 13.1 Å². The minimum absolute atomic E-state index is 0.191. The van der Waals surface area contributed by atoms with Gasteiger partial charge in [0.25, 0.3) is 0 Å². The van der Waals surface area contributed by atoms with E-state index < -0.39 is 11.2 Å². The van der Waals surface area contributed by atoms with Crippen LogP contribution in [-0.2, 0) is 37.1 Å². The number of hydrogen-bond donors (Lipinski definition) is 2. The van der Waals surface area contributed by atoms with Gasteiger partial charge in [-0.25, -0.2) is 0 Å². The van der Waals surface area contributed by atoms with Crippen LogP contribution in [0.2, 0.25) is 10.0 Å². The van der Waals surface area contributed by atoms with E-state index in [0.717, 1.165) is 22.3 Å². The summed E-state index contributed by atoms with van der Waals surface area (Å²) in [5, 5.41) is 43.5. The first-order chi connectivity index (χ1) is 22.3. The Morgan fingerprint density at radius 2 is 0.913 bits per heavy atom. The van der Waals surface area contributed by atoms with Crippen LogP contribution >= 0.6 is 44.8 Å². The van der Waals surface area contributed by atoms with Crippen molar-refractivity contribution in [2.75, 3.05) is 0 Å². The SMILES string of the molecule is OC(Cc1ccccc1Cl)(Cn1cnnc1SSc1nncn1CC(O)(Cc1ccccc1Cl)c1ccccc1)c1ccccc1. The minimum atomic E-state index is -1.29. The molecule has 0 aliphatic rings. The number of hydrogen-bond acceptors (Lipinski definition) is 8. The van der Waals surface area contributed by atoms with Crippen molar-refractivity contribution in [1.82, 2.24) is 29.5 Å². The topological polar surface area (TPSA) is 102 Å². The zero-order valence-electron chi connectivity index (χ0n) is 24.5. The fourth-order valence-corrected chi connectivity index (χ4v) is 7.73. The average molecular weight is 690 g/mol. The maximum Gasteiger partial charge on any atom is 0.202 e. The van der Waals surface area contributed by atoms with Gasteiger partial charge in [0, 0.05) is 22.9 Å². The number of nitrogens with zero attached hydrogens (tertiary/aromatic N) is 6. The molecule has 2 atom stereocenters. The molecule has 0 fully saturated rings. The maximum absolute atomic E-state index is 12.1. The Morgan fingerprint density at radius 1 is 0.543 bits per heavy atom. The van der Waals surface area contributed by atoms with Gasteiger partial charge >= 0.3 is 0 Å². The van der Waals surface area contributed by atoms with Crippen molar-refractivity contribution in [3.8, 4) is 0 Å². The van der Waals surface area contributed by atoms with E-state index in [-0.39, 0.29) is 13.1 Å². The Hall–Kier alpha value is -3.64. The van der Waals surface area contributed by atoms with Gasteiger partial charge in [-0.2, -0.15) is 0 Å². The first-order valence-corrected chi connectivity index (χ1v) is 17.4. The molecule has 0 bridgehead atoms. The van der Waals surface area contributed by atoms with E-state index in [0.29, 0.717) is 33.2 Å². The van der Waals surface area contributed by atoms with E-state index in [1.807, 2.05) is 118 Å². The zero-order chi connectivity index (χ0) is 32.0. The third-order valence-corrected chi connectivity index (χ3v) is 10.6. The number of aliphatic hydroxyl groups is 2. The molecular weight excluding hydrogens is 659 g/mol. The third kappa shape index (κ3) is 7.49. The highest BCUT2D eigenvalue weighted by Crippen LogP contribution is 2.39. The van der Waals surface area contributed by atoms with Crippen molar-refractivity contribution in [2.45, 2.75) is 47.4 Å². The Bertz CT molecular complexity index is 1750. The lowest BCUT2D eigenvalue weighted by molar-refractivity contribution is 0.0158. The molecule has 12 heteroatoms. The van der Waals surface area contributed by atoms with Crippen LogP contribution in [0.25, 0.3) is 0 Å². The summed E-state index contributed by atoms with van der Waals surface area (Å²) in [6.07, 6.45) is 3.80. The third-order valence-electron chi connectivity index (χ3n) is 7.72. The maximum atomic E-state index is 12.1. The molecule has 2 N–H and O–H groups in total. The summed E-state index contributed by atoms with van der Waals surface area (Å²) in [4.78, 5) is 0. The lowest BCUT2D eigenvalue weighted by Crippen LogP contribution is -2.34. The van der Waals surface area contributed by atoms with E-state index in [9.17, 15) is 10.2 Å². The molecule has 0 aliphatic heterocycles. The molecule has 0 saturated heterocycles. The van der Waals surface area contributed by atoms with Gasteiger partial charge in [-0.15, -0.1) is 20.4 Å². The van der Waals surface area contributed by atoms with E-state index in [2.05, 4.69) is 20.4 Å². The van der Waals surface area contributed by atoms with Crippen LogP contribution in [0.5, 0.6) is 0 Å². The molecule has 46 heavy (non-hydrogen) atoms. The van der Waals surface area contributed by atoms with Gasteiger partial charge in [0.2, 0.25) is 10.3 Å². The largest absolute Gasteiger partial charge is 0.383 e. The molecule has 234 valence electrons. The highest BCUT2D eigenvalue weighted by Gasteiger charge is 2.34. The molecule has 6 aromatic rings. The van der Waals surface area contributed by atoms with Gasteiger partial charge in [-0.1, -0.05) is 120 Å². The van der Waals surface area contributed by atoms with E-state index in [1.165, 1.54) is 21.6 Å². The summed E-state index contributed by atoms with van der Waals surface area (Å²) in [5.41, 5.74) is 0.598. The van der Waals surface area contributed by atoms with Crippen LogP contribution in [-0.4, -0.2) is 39.7 Å². The smallest absolute Gasteiger partial charge is 0.202 e. The Kier molecular flexibility index (Phi) is 10.1. The number of benzene rings is 4. The minimum Gasteiger partial charge on any atom is -0.383 e. The van der Waals surface area contributed by atoms with Gasteiger partial charge < -0.3 is 19.3 Å². The van der Waals surface area contributed by atoms with Crippen LogP contribution in [0.1, 0.15) is 22.3 Å². The number of aromatic nitrogens is 6. The Labute approximate surface area is 284 Å². The fraction of sp³-hybridized carbons (Fsp3) is 0.176. The first kappa shape index (κ1) is 32.3. The van der Waals surface area contributed by atoms with Crippen molar-refractivity contribution < 1.29 is 10.2 Å². The number of rotatable bonds is 13.